The Morgan fingerprint density at radius 2 is 2.05 bits per heavy atom. The molecule has 0 spiro atoms. The molecule has 2 amide bonds. The fraction of sp³-hybridized carbons (Fsp3) is 0.533. The first kappa shape index (κ1) is 12.8. The molecule has 1 aliphatic carbocycles. The number of carbonyl (C=O) groups is 1. The minimum absolute atomic E-state index is 0.0490. The molecule has 1 N–H and O–H groups in total. The number of benzene rings is 1. The van der Waals surface area contributed by atoms with Crippen LogP contribution in [0.2, 0.25) is 5.02 Å². The lowest BCUT2D eigenvalue weighted by molar-refractivity contribution is 0.238. The normalized spacial score (nSPS) is 19.3. The van der Waals surface area contributed by atoms with E-state index in [0.717, 1.165) is 36.5 Å². The van der Waals surface area contributed by atoms with Crippen molar-refractivity contribution in [3.63, 3.8) is 0 Å². The van der Waals surface area contributed by atoms with Crippen LogP contribution >= 0.6 is 11.6 Å². The summed E-state index contributed by atoms with van der Waals surface area (Å²) in [6, 6.07) is 6.17. The van der Waals surface area contributed by atoms with Gasteiger partial charge in [-0.25, -0.2) is 4.79 Å². The van der Waals surface area contributed by atoms with Gasteiger partial charge in [-0.3, -0.25) is 4.90 Å². The van der Waals surface area contributed by atoms with Crippen LogP contribution in [0.1, 0.15) is 37.7 Å². The Morgan fingerprint density at radius 1 is 1.26 bits per heavy atom. The average Bonchev–Trinajstić information content (AvgIpc) is 2.82. The summed E-state index contributed by atoms with van der Waals surface area (Å²) >= 11 is 5.99. The van der Waals surface area contributed by atoms with Crippen molar-refractivity contribution in [2.24, 2.45) is 0 Å². The van der Waals surface area contributed by atoms with Crippen LogP contribution in [0.15, 0.2) is 18.2 Å². The molecule has 1 fully saturated rings. The van der Waals surface area contributed by atoms with Gasteiger partial charge in [0.2, 0.25) is 0 Å². The molecule has 4 heteroatoms. The highest BCUT2D eigenvalue weighted by molar-refractivity contribution is 6.30. The van der Waals surface area contributed by atoms with E-state index in [2.05, 4.69) is 5.32 Å². The topological polar surface area (TPSA) is 32.3 Å². The summed E-state index contributed by atoms with van der Waals surface area (Å²) in [5.74, 6) is 0. The molecule has 0 unspecified atom stereocenters. The van der Waals surface area contributed by atoms with Crippen LogP contribution in [-0.4, -0.2) is 18.6 Å². The van der Waals surface area contributed by atoms with Gasteiger partial charge in [0.05, 0.1) is 0 Å². The maximum atomic E-state index is 12.3. The van der Waals surface area contributed by atoms with E-state index in [4.69, 9.17) is 11.6 Å². The fourth-order valence-electron chi connectivity index (χ4n) is 3.08. The lowest BCUT2D eigenvalue weighted by Gasteiger charge is -2.26. The minimum atomic E-state index is 0.0490. The first-order valence-electron chi connectivity index (χ1n) is 7.10. The lowest BCUT2D eigenvalue weighted by atomic mass is 9.96. The van der Waals surface area contributed by atoms with Crippen molar-refractivity contribution < 1.29 is 4.79 Å². The van der Waals surface area contributed by atoms with Gasteiger partial charge < -0.3 is 5.32 Å². The monoisotopic (exact) mass is 278 g/mol. The molecule has 0 radical (unpaired) electrons. The number of hydrogen-bond donors (Lipinski definition) is 1. The van der Waals surface area contributed by atoms with E-state index in [9.17, 15) is 4.79 Å². The predicted molar refractivity (Wildman–Crippen MR) is 77.9 cm³/mol. The summed E-state index contributed by atoms with van der Waals surface area (Å²) in [7, 11) is 0. The third-order valence-corrected chi connectivity index (χ3v) is 4.35. The summed E-state index contributed by atoms with van der Waals surface area (Å²) in [4.78, 5) is 14.2. The molecule has 1 aromatic carbocycles. The molecule has 3 nitrogen and oxygen atoms in total. The highest BCUT2D eigenvalue weighted by atomic mass is 35.5. The second-order valence-corrected chi connectivity index (χ2v) is 5.90. The van der Waals surface area contributed by atoms with Crippen molar-refractivity contribution in [1.82, 2.24) is 5.32 Å². The second kappa shape index (κ2) is 5.41. The molecule has 1 heterocycles. The van der Waals surface area contributed by atoms with E-state index in [1.54, 1.807) is 0 Å². The highest BCUT2D eigenvalue weighted by Gasteiger charge is 2.26. The number of nitrogens with zero attached hydrogens (tertiary/aromatic N) is 1. The van der Waals surface area contributed by atoms with Crippen molar-refractivity contribution in [3.05, 3.63) is 28.8 Å². The van der Waals surface area contributed by atoms with Crippen molar-refractivity contribution in [3.8, 4) is 0 Å². The van der Waals surface area contributed by atoms with E-state index in [-0.39, 0.29) is 6.03 Å². The zero-order valence-electron chi connectivity index (χ0n) is 11.0. The van der Waals surface area contributed by atoms with Crippen LogP contribution in [0.5, 0.6) is 0 Å². The highest BCUT2D eigenvalue weighted by Crippen LogP contribution is 2.30. The molecule has 2 aliphatic rings. The van der Waals surface area contributed by atoms with Gasteiger partial charge in [-0.05, 0) is 43.0 Å². The predicted octanol–water partition coefficient (Wildman–Crippen LogP) is 3.74. The van der Waals surface area contributed by atoms with Gasteiger partial charge in [0.1, 0.15) is 0 Å². The number of halogens is 1. The van der Waals surface area contributed by atoms with Crippen LogP contribution < -0.4 is 10.2 Å². The molecule has 0 aromatic heterocycles. The molecular weight excluding hydrogens is 260 g/mol. The number of urea groups is 1. The SMILES string of the molecule is O=C(NC1CCCCC1)N1CCc2cc(Cl)ccc21. The number of hydrogen-bond acceptors (Lipinski definition) is 1. The maximum Gasteiger partial charge on any atom is 0.322 e. The molecule has 3 rings (SSSR count). The molecule has 0 bridgehead atoms. The summed E-state index contributed by atoms with van der Waals surface area (Å²) in [5, 5.41) is 3.91. The van der Waals surface area contributed by atoms with Crippen LogP contribution in [0.3, 0.4) is 0 Å². The molecule has 1 aromatic rings. The lowest BCUT2D eigenvalue weighted by Crippen LogP contribution is -2.45. The molecule has 102 valence electrons. The van der Waals surface area contributed by atoms with E-state index in [1.165, 1.54) is 24.8 Å². The number of nitrogens with one attached hydrogen (secondary N) is 1. The molecule has 19 heavy (non-hydrogen) atoms. The Hall–Kier alpha value is -1.22. The van der Waals surface area contributed by atoms with Crippen LogP contribution in [0, 0.1) is 0 Å². The van der Waals surface area contributed by atoms with Crippen LogP contribution in [0.25, 0.3) is 0 Å². The first-order chi connectivity index (χ1) is 9.24. The van der Waals surface area contributed by atoms with Gasteiger partial charge in [0.15, 0.2) is 0 Å². The molecule has 1 saturated carbocycles. The quantitative estimate of drug-likeness (QED) is 0.834. The number of rotatable bonds is 1. The van der Waals surface area contributed by atoms with Gasteiger partial charge in [-0.15, -0.1) is 0 Å². The zero-order chi connectivity index (χ0) is 13.2. The minimum Gasteiger partial charge on any atom is -0.335 e. The van der Waals surface area contributed by atoms with Crippen LogP contribution in [0.4, 0.5) is 10.5 Å². The Labute approximate surface area is 118 Å². The van der Waals surface area contributed by atoms with E-state index < -0.39 is 0 Å². The average molecular weight is 279 g/mol. The van der Waals surface area contributed by atoms with Crippen molar-refractivity contribution in [2.45, 2.75) is 44.6 Å². The van der Waals surface area contributed by atoms with Gasteiger partial charge in [0, 0.05) is 23.3 Å². The number of carbonyl (C=O) groups excluding carboxylic acids is 1. The standard InChI is InChI=1S/C15H19ClN2O/c16-12-6-7-14-11(10-12)8-9-18(14)15(19)17-13-4-2-1-3-5-13/h6-7,10,13H,1-5,8-9H2,(H,17,19). The molecule has 0 atom stereocenters. The smallest absolute Gasteiger partial charge is 0.322 e. The second-order valence-electron chi connectivity index (χ2n) is 5.46. The zero-order valence-corrected chi connectivity index (χ0v) is 11.7. The molecule has 0 saturated heterocycles. The Kier molecular flexibility index (Phi) is 3.65. The van der Waals surface area contributed by atoms with Crippen LogP contribution in [-0.2, 0) is 6.42 Å². The summed E-state index contributed by atoms with van der Waals surface area (Å²) < 4.78 is 0. The Morgan fingerprint density at radius 3 is 2.84 bits per heavy atom. The van der Waals surface area contributed by atoms with E-state index in [1.807, 2.05) is 23.1 Å². The summed E-state index contributed by atoms with van der Waals surface area (Å²) in [5.41, 5.74) is 2.18. The largest absolute Gasteiger partial charge is 0.335 e. The van der Waals surface area contributed by atoms with Gasteiger partial charge >= 0.3 is 6.03 Å². The number of amides is 2. The first-order valence-corrected chi connectivity index (χ1v) is 7.48. The van der Waals surface area contributed by atoms with Gasteiger partial charge in [-0.2, -0.15) is 0 Å². The Bertz CT molecular complexity index is 483. The Balaban J connectivity index is 1.69. The maximum absolute atomic E-state index is 12.3. The van der Waals surface area contributed by atoms with Gasteiger partial charge in [-0.1, -0.05) is 30.9 Å². The summed E-state index contributed by atoms with van der Waals surface area (Å²) in [6.45, 7) is 0.758. The third-order valence-electron chi connectivity index (χ3n) is 4.12. The molecular formula is C15H19ClN2O. The van der Waals surface area contributed by atoms with E-state index in [0.29, 0.717) is 6.04 Å². The van der Waals surface area contributed by atoms with E-state index >= 15 is 0 Å². The van der Waals surface area contributed by atoms with Crippen molar-refractivity contribution in [1.29, 1.82) is 0 Å². The third kappa shape index (κ3) is 2.71. The number of fused-ring (bicyclic) bond motifs is 1. The van der Waals surface area contributed by atoms with Gasteiger partial charge in [0.25, 0.3) is 0 Å². The summed E-state index contributed by atoms with van der Waals surface area (Å²) in [6.07, 6.45) is 6.90. The fourth-order valence-corrected chi connectivity index (χ4v) is 3.28. The number of anilines is 1. The van der Waals surface area contributed by atoms with Crippen molar-refractivity contribution in [2.75, 3.05) is 11.4 Å². The van der Waals surface area contributed by atoms with Crippen molar-refractivity contribution >= 4 is 23.3 Å². The molecule has 1 aliphatic heterocycles.